The van der Waals surface area contributed by atoms with Gasteiger partial charge in [0.05, 0.1) is 5.56 Å². The third-order valence-corrected chi connectivity index (χ3v) is 2.94. The number of unbranched alkanes of at least 4 members (excludes halogenated alkanes) is 1. The van der Waals surface area contributed by atoms with Gasteiger partial charge in [0.15, 0.2) is 0 Å². The first kappa shape index (κ1) is 14.3. The third-order valence-electron chi connectivity index (χ3n) is 2.59. The van der Waals surface area contributed by atoms with Gasteiger partial charge in [0.25, 0.3) is 0 Å². The summed E-state index contributed by atoms with van der Waals surface area (Å²) in [5.41, 5.74) is 5.51. The molecule has 1 aromatic rings. The molecule has 0 aliphatic heterocycles. The summed E-state index contributed by atoms with van der Waals surface area (Å²) in [7, 11) is 0. The molecule has 0 spiro atoms. The van der Waals surface area contributed by atoms with Crippen LogP contribution in [0.3, 0.4) is 0 Å². The fourth-order valence-electron chi connectivity index (χ4n) is 1.58. The zero-order chi connectivity index (χ0) is 13.1. The highest BCUT2D eigenvalue weighted by Gasteiger charge is 2.31. The maximum Gasteiger partial charge on any atom is 0.416 e. The predicted octanol–water partition coefficient (Wildman–Crippen LogP) is 4.55. The summed E-state index contributed by atoms with van der Waals surface area (Å²) in [5.74, 6) is 0. The Hall–Kier alpha value is -0.740. The van der Waals surface area contributed by atoms with Gasteiger partial charge in [-0.3, -0.25) is 0 Å². The van der Waals surface area contributed by atoms with Crippen molar-refractivity contribution < 1.29 is 13.2 Å². The number of rotatable bonds is 4. The van der Waals surface area contributed by atoms with Gasteiger partial charge in [-0.1, -0.05) is 31.4 Å². The van der Waals surface area contributed by atoms with Crippen molar-refractivity contribution >= 4 is 11.6 Å². The van der Waals surface area contributed by atoms with Gasteiger partial charge < -0.3 is 5.73 Å². The lowest BCUT2D eigenvalue weighted by atomic mass is 10.00. The van der Waals surface area contributed by atoms with Crippen LogP contribution >= 0.6 is 11.6 Å². The van der Waals surface area contributed by atoms with Gasteiger partial charge in [0.2, 0.25) is 0 Å². The molecular formula is C12H15ClF3N. The Bertz CT molecular complexity index is 377. The van der Waals surface area contributed by atoms with E-state index in [4.69, 9.17) is 17.3 Å². The van der Waals surface area contributed by atoms with Gasteiger partial charge in [0, 0.05) is 11.1 Å². The number of halogens is 4. The average molecular weight is 266 g/mol. The van der Waals surface area contributed by atoms with Crippen LogP contribution in [0.4, 0.5) is 13.2 Å². The van der Waals surface area contributed by atoms with E-state index < -0.39 is 17.8 Å². The van der Waals surface area contributed by atoms with Crippen LogP contribution in [0.25, 0.3) is 0 Å². The van der Waals surface area contributed by atoms with Crippen molar-refractivity contribution in [2.24, 2.45) is 5.73 Å². The van der Waals surface area contributed by atoms with Gasteiger partial charge in [-0.15, -0.1) is 0 Å². The quantitative estimate of drug-likeness (QED) is 0.849. The van der Waals surface area contributed by atoms with Crippen molar-refractivity contribution in [3.05, 3.63) is 34.3 Å². The van der Waals surface area contributed by atoms with Crippen LogP contribution < -0.4 is 5.73 Å². The van der Waals surface area contributed by atoms with Crippen molar-refractivity contribution in [2.75, 3.05) is 0 Å². The van der Waals surface area contributed by atoms with Crippen molar-refractivity contribution in [3.63, 3.8) is 0 Å². The summed E-state index contributed by atoms with van der Waals surface area (Å²) < 4.78 is 37.6. The molecule has 1 nitrogen and oxygen atoms in total. The molecule has 0 fully saturated rings. The lowest BCUT2D eigenvalue weighted by molar-refractivity contribution is -0.137. The number of nitrogens with two attached hydrogens (primary N) is 1. The second-order valence-electron chi connectivity index (χ2n) is 3.98. The Morgan fingerprint density at radius 1 is 1.35 bits per heavy atom. The zero-order valence-corrected chi connectivity index (χ0v) is 10.3. The van der Waals surface area contributed by atoms with E-state index in [9.17, 15) is 13.2 Å². The molecule has 1 rings (SSSR count). The average Bonchev–Trinajstić information content (AvgIpc) is 2.24. The zero-order valence-electron chi connectivity index (χ0n) is 9.52. The maximum absolute atomic E-state index is 12.5. The Kier molecular flexibility index (Phi) is 4.83. The van der Waals surface area contributed by atoms with Gasteiger partial charge in [-0.2, -0.15) is 13.2 Å². The maximum atomic E-state index is 12.5. The second-order valence-corrected chi connectivity index (χ2v) is 4.39. The molecule has 0 bridgehead atoms. The highest BCUT2D eigenvalue weighted by molar-refractivity contribution is 6.31. The van der Waals surface area contributed by atoms with E-state index in [2.05, 4.69) is 0 Å². The minimum Gasteiger partial charge on any atom is -0.324 e. The molecule has 0 aromatic heterocycles. The fraction of sp³-hybridized carbons (Fsp3) is 0.500. The van der Waals surface area contributed by atoms with E-state index in [1.807, 2.05) is 6.92 Å². The molecule has 0 amide bonds. The first-order valence-corrected chi connectivity index (χ1v) is 5.86. The van der Waals surface area contributed by atoms with Gasteiger partial charge in [-0.25, -0.2) is 0 Å². The van der Waals surface area contributed by atoms with E-state index in [1.54, 1.807) is 0 Å². The molecule has 96 valence electrons. The van der Waals surface area contributed by atoms with Crippen LogP contribution in [0.2, 0.25) is 5.02 Å². The van der Waals surface area contributed by atoms with E-state index in [0.29, 0.717) is 17.0 Å². The molecule has 2 N–H and O–H groups in total. The monoisotopic (exact) mass is 265 g/mol. The van der Waals surface area contributed by atoms with E-state index in [0.717, 1.165) is 25.0 Å². The van der Waals surface area contributed by atoms with E-state index in [1.165, 1.54) is 6.07 Å². The lowest BCUT2D eigenvalue weighted by Crippen LogP contribution is -2.13. The summed E-state index contributed by atoms with van der Waals surface area (Å²) in [5, 5.41) is 0.293. The fourth-order valence-corrected chi connectivity index (χ4v) is 1.84. The molecule has 5 heteroatoms. The summed E-state index contributed by atoms with van der Waals surface area (Å²) in [6, 6.07) is 2.83. The molecule has 0 saturated heterocycles. The van der Waals surface area contributed by atoms with Gasteiger partial charge in [-0.05, 0) is 30.2 Å². The highest BCUT2D eigenvalue weighted by Crippen LogP contribution is 2.34. The van der Waals surface area contributed by atoms with Crippen LogP contribution in [0.1, 0.15) is 43.4 Å². The number of alkyl halides is 3. The van der Waals surface area contributed by atoms with Crippen molar-refractivity contribution in [1.29, 1.82) is 0 Å². The van der Waals surface area contributed by atoms with Crippen LogP contribution in [0.5, 0.6) is 0 Å². The third kappa shape index (κ3) is 3.89. The molecule has 0 aliphatic carbocycles. The smallest absolute Gasteiger partial charge is 0.324 e. The number of hydrogen-bond acceptors (Lipinski definition) is 1. The van der Waals surface area contributed by atoms with Crippen molar-refractivity contribution in [1.82, 2.24) is 0 Å². The summed E-state index contributed by atoms with van der Waals surface area (Å²) >= 11 is 5.87. The van der Waals surface area contributed by atoms with Crippen LogP contribution in [-0.4, -0.2) is 0 Å². The molecule has 17 heavy (non-hydrogen) atoms. The number of hydrogen-bond donors (Lipinski definition) is 1. The summed E-state index contributed by atoms with van der Waals surface area (Å²) in [6.07, 6.45) is -1.90. The molecular weight excluding hydrogens is 251 g/mol. The Labute approximate surface area is 104 Å². The van der Waals surface area contributed by atoms with E-state index in [-0.39, 0.29) is 0 Å². The Morgan fingerprint density at radius 3 is 2.53 bits per heavy atom. The van der Waals surface area contributed by atoms with Crippen molar-refractivity contribution in [2.45, 2.75) is 38.4 Å². The molecule has 0 heterocycles. The first-order chi connectivity index (χ1) is 7.86. The highest BCUT2D eigenvalue weighted by atomic mass is 35.5. The Morgan fingerprint density at radius 2 is 2.00 bits per heavy atom. The SMILES string of the molecule is CCCC[C@@H](N)c1cc(C(F)(F)F)ccc1Cl. The van der Waals surface area contributed by atoms with Gasteiger partial charge >= 0.3 is 6.18 Å². The summed E-state index contributed by atoms with van der Waals surface area (Å²) in [6.45, 7) is 2.00. The first-order valence-electron chi connectivity index (χ1n) is 5.48. The summed E-state index contributed by atoms with van der Waals surface area (Å²) in [4.78, 5) is 0. The standard InChI is InChI=1S/C12H15ClF3N/c1-2-3-4-11(17)9-7-8(12(14,15)16)5-6-10(9)13/h5-7,11H,2-4,17H2,1H3/t11-/m1/s1. The Balaban J connectivity index is 2.98. The minimum atomic E-state index is -4.36. The van der Waals surface area contributed by atoms with Crippen LogP contribution in [0, 0.1) is 0 Å². The van der Waals surface area contributed by atoms with Crippen LogP contribution in [0.15, 0.2) is 18.2 Å². The van der Waals surface area contributed by atoms with E-state index >= 15 is 0 Å². The normalized spacial score (nSPS) is 13.8. The molecule has 0 aliphatic rings. The van der Waals surface area contributed by atoms with Gasteiger partial charge in [0.1, 0.15) is 0 Å². The second kappa shape index (κ2) is 5.74. The molecule has 1 atom stereocenters. The molecule has 0 saturated carbocycles. The molecule has 1 aromatic carbocycles. The van der Waals surface area contributed by atoms with Crippen molar-refractivity contribution in [3.8, 4) is 0 Å². The predicted molar refractivity (Wildman–Crippen MR) is 62.9 cm³/mol. The van der Waals surface area contributed by atoms with Crippen LogP contribution in [-0.2, 0) is 6.18 Å². The molecule has 0 radical (unpaired) electrons. The largest absolute Gasteiger partial charge is 0.416 e. The lowest BCUT2D eigenvalue weighted by Gasteiger charge is -2.15. The molecule has 0 unspecified atom stereocenters. The topological polar surface area (TPSA) is 26.0 Å². The minimum absolute atomic E-state index is 0.293. The number of benzene rings is 1.